The SMILES string of the molecule is Cn1c(Cn2cncn2)nnc1C1CCN(C(=O)c2ccc3cc[nH]c3c2)CC1. The molecule has 1 fully saturated rings. The molecule has 0 bridgehead atoms. The van der Waals surface area contributed by atoms with Gasteiger partial charge >= 0.3 is 0 Å². The molecule has 4 aromatic rings. The number of piperidine rings is 1. The van der Waals surface area contributed by atoms with Crippen molar-refractivity contribution < 1.29 is 4.79 Å². The van der Waals surface area contributed by atoms with E-state index in [1.54, 1.807) is 11.0 Å². The summed E-state index contributed by atoms with van der Waals surface area (Å²) in [5.41, 5.74) is 1.72. The highest BCUT2D eigenvalue weighted by Gasteiger charge is 2.28. The molecular formula is C20H22N8O. The van der Waals surface area contributed by atoms with Crippen LogP contribution in [-0.4, -0.2) is 58.4 Å². The zero-order valence-corrected chi connectivity index (χ0v) is 16.2. The lowest BCUT2D eigenvalue weighted by Gasteiger charge is -2.31. The molecule has 1 aliphatic rings. The topological polar surface area (TPSA) is 97.5 Å². The summed E-state index contributed by atoms with van der Waals surface area (Å²) in [6, 6.07) is 7.83. The van der Waals surface area contributed by atoms with Crippen molar-refractivity contribution in [3.8, 4) is 0 Å². The number of amides is 1. The highest BCUT2D eigenvalue weighted by molar-refractivity contribution is 5.98. The molecule has 148 valence electrons. The van der Waals surface area contributed by atoms with Crippen LogP contribution >= 0.6 is 0 Å². The largest absolute Gasteiger partial charge is 0.361 e. The molecule has 5 rings (SSSR count). The van der Waals surface area contributed by atoms with Crippen LogP contribution in [0.25, 0.3) is 10.9 Å². The lowest BCUT2D eigenvalue weighted by Crippen LogP contribution is -2.38. The fourth-order valence-electron chi connectivity index (χ4n) is 4.03. The highest BCUT2D eigenvalue weighted by Crippen LogP contribution is 2.28. The van der Waals surface area contributed by atoms with Gasteiger partial charge in [-0.3, -0.25) is 4.79 Å². The van der Waals surface area contributed by atoms with E-state index in [0.717, 1.165) is 54.0 Å². The van der Waals surface area contributed by atoms with Crippen LogP contribution < -0.4 is 0 Å². The second-order valence-electron chi connectivity index (χ2n) is 7.47. The Balaban J connectivity index is 1.25. The van der Waals surface area contributed by atoms with Crippen LogP contribution in [0.4, 0.5) is 0 Å². The van der Waals surface area contributed by atoms with Crippen molar-refractivity contribution in [3.63, 3.8) is 0 Å². The molecule has 0 unspecified atom stereocenters. The Morgan fingerprint density at radius 1 is 1.21 bits per heavy atom. The van der Waals surface area contributed by atoms with Gasteiger partial charge < -0.3 is 14.5 Å². The Hall–Kier alpha value is -3.49. The van der Waals surface area contributed by atoms with Gasteiger partial charge in [0.05, 0.1) is 0 Å². The number of likely N-dealkylation sites (tertiary alicyclic amines) is 1. The minimum atomic E-state index is 0.0878. The average molecular weight is 390 g/mol. The van der Waals surface area contributed by atoms with E-state index < -0.39 is 0 Å². The normalized spacial score (nSPS) is 15.3. The molecule has 29 heavy (non-hydrogen) atoms. The second kappa shape index (κ2) is 7.16. The molecule has 1 aromatic carbocycles. The maximum Gasteiger partial charge on any atom is 0.253 e. The second-order valence-corrected chi connectivity index (χ2v) is 7.47. The summed E-state index contributed by atoms with van der Waals surface area (Å²) in [5.74, 6) is 2.21. The van der Waals surface area contributed by atoms with Crippen LogP contribution in [0, 0.1) is 0 Å². The van der Waals surface area contributed by atoms with Gasteiger partial charge in [-0.1, -0.05) is 6.07 Å². The fourth-order valence-corrected chi connectivity index (χ4v) is 4.03. The Labute approximate surface area is 167 Å². The number of aromatic amines is 1. The Morgan fingerprint density at radius 3 is 2.86 bits per heavy atom. The molecule has 1 saturated heterocycles. The first-order chi connectivity index (χ1) is 14.2. The number of hydrogen-bond donors (Lipinski definition) is 1. The highest BCUT2D eigenvalue weighted by atomic mass is 16.2. The van der Waals surface area contributed by atoms with Crippen molar-refractivity contribution in [3.05, 3.63) is 60.3 Å². The molecule has 0 saturated carbocycles. The van der Waals surface area contributed by atoms with E-state index in [9.17, 15) is 4.79 Å². The van der Waals surface area contributed by atoms with Crippen molar-refractivity contribution >= 4 is 16.8 Å². The molecule has 1 amide bonds. The monoisotopic (exact) mass is 390 g/mol. The third-order valence-electron chi connectivity index (χ3n) is 5.72. The van der Waals surface area contributed by atoms with Crippen molar-refractivity contribution in [2.45, 2.75) is 25.3 Å². The predicted octanol–water partition coefficient (Wildman–Crippen LogP) is 1.96. The summed E-state index contributed by atoms with van der Waals surface area (Å²) in [5, 5.41) is 14.0. The number of carbonyl (C=O) groups excluding carboxylic acids is 1. The third-order valence-corrected chi connectivity index (χ3v) is 5.72. The smallest absolute Gasteiger partial charge is 0.253 e. The molecule has 1 aliphatic heterocycles. The molecule has 9 nitrogen and oxygen atoms in total. The standard InChI is InChI=1S/C20H22N8O/c1-26-18(11-28-13-21-12-23-28)24-25-19(26)15-5-8-27(9-6-15)20(29)16-3-2-14-4-7-22-17(14)10-16/h2-4,7,10,12-13,15,22H,5-6,8-9,11H2,1H3. The van der Waals surface area contributed by atoms with Crippen LogP contribution in [0.5, 0.6) is 0 Å². The van der Waals surface area contributed by atoms with E-state index in [1.165, 1.54) is 6.33 Å². The van der Waals surface area contributed by atoms with E-state index >= 15 is 0 Å². The number of H-pyrrole nitrogens is 1. The fraction of sp³-hybridized carbons (Fsp3) is 0.350. The Kier molecular flexibility index (Phi) is 4.34. The van der Waals surface area contributed by atoms with E-state index in [0.29, 0.717) is 12.5 Å². The molecule has 0 spiro atoms. The number of nitrogens with zero attached hydrogens (tertiary/aromatic N) is 7. The van der Waals surface area contributed by atoms with Gasteiger partial charge in [-0.15, -0.1) is 10.2 Å². The zero-order valence-electron chi connectivity index (χ0n) is 16.2. The van der Waals surface area contributed by atoms with Gasteiger partial charge in [-0.05, 0) is 36.4 Å². The summed E-state index contributed by atoms with van der Waals surface area (Å²) in [7, 11) is 1.99. The van der Waals surface area contributed by atoms with E-state index in [1.807, 2.05) is 47.0 Å². The predicted molar refractivity (Wildman–Crippen MR) is 106 cm³/mol. The molecule has 4 heterocycles. The lowest BCUT2D eigenvalue weighted by atomic mass is 9.95. The quantitative estimate of drug-likeness (QED) is 0.574. The summed E-state index contributed by atoms with van der Waals surface area (Å²) >= 11 is 0. The van der Waals surface area contributed by atoms with Gasteiger partial charge in [-0.25, -0.2) is 9.67 Å². The molecule has 0 atom stereocenters. The molecule has 0 radical (unpaired) electrons. The minimum Gasteiger partial charge on any atom is -0.361 e. The molecule has 0 aliphatic carbocycles. The third kappa shape index (κ3) is 3.28. The van der Waals surface area contributed by atoms with Gasteiger partial charge in [0.2, 0.25) is 0 Å². The van der Waals surface area contributed by atoms with Gasteiger partial charge in [0.15, 0.2) is 5.82 Å². The number of rotatable bonds is 4. The summed E-state index contributed by atoms with van der Waals surface area (Å²) in [4.78, 5) is 22.0. The molecule has 3 aromatic heterocycles. The first-order valence-corrected chi connectivity index (χ1v) is 9.76. The Morgan fingerprint density at radius 2 is 2.07 bits per heavy atom. The van der Waals surface area contributed by atoms with Gasteiger partial charge in [0.25, 0.3) is 5.91 Å². The van der Waals surface area contributed by atoms with Crippen LogP contribution in [-0.2, 0) is 13.6 Å². The number of benzene rings is 1. The average Bonchev–Trinajstić information content (AvgIpc) is 3.50. The molecular weight excluding hydrogens is 368 g/mol. The van der Waals surface area contributed by atoms with Crippen molar-refractivity contribution in [1.82, 2.24) is 39.4 Å². The van der Waals surface area contributed by atoms with Crippen LogP contribution in [0.3, 0.4) is 0 Å². The first-order valence-electron chi connectivity index (χ1n) is 9.76. The van der Waals surface area contributed by atoms with Crippen LogP contribution in [0.1, 0.15) is 40.8 Å². The summed E-state index contributed by atoms with van der Waals surface area (Å²) < 4.78 is 3.78. The van der Waals surface area contributed by atoms with E-state index in [2.05, 4.69) is 25.3 Å². The van der Waals surface area contributed by atoms with Crippen molar-refractivity contribution in [1.29, 1.82) is 0 Å². The van der Waals surface area contributed by atoms with Gasteiger partial charge in [0.1, 0.15) is 25.0 Å². The van der Waals surface area contributed by atoms with E-state index in [4.69, 9.17) is 0 Å². The van der Waals surface area contributed by atoms with Crippen LogP contribution in [0.2, 0.25) is 0 Å². The molecule has 1 N–H and O–H groups in total. The Bertz CT molecular complexity index is 1130. The number of hydrogen-bond acceptors (Lipinski definition) is 5. The lowest BCUT2D eigenvalue weighted by molar-refractivity contribution is 0.0710. The number of fused-ring (bicyclic) bond motifs is 1. The van der Waals surface area contributed by atoms with Gasteiger partial charge in [-0.2, -0.15) is 5.10 Å². The van der Waals surface area contributed by atoms with Crippen LogP contribution in [0.15, 0.2) is 43.1 Å². The summed E-state index contributed by atoms with van der Waals surface area (Å²) in [6.45, 7) is 1.98. The minimum absolute atomic E-state index is 0.0878. The maximum absolute atomic E-state index is 12.9. The number of nitrogens with one attached hydrogen (secondary N) is 1. The van der Waals surface area contributed by atoms with Gasteiger partial charge in [0, 0.05) is 43.3 Å². The van der Waals surface area contributed by atoms with Crippen molar-refractivity contribution in [2.24, 2.45) is 7.05 Å². The number of aromatic nitrogens is 7. The maximum atomic E-state index is 12.9. The summed E-state index contributed by atoms with van der Waals surface area (Å²) in [6.07, 6.45) is 6.83. The first kappa shape index (κ1) is 17.6. The zero-order chi connectivity index (χ0) is 19.8. The molecule has 9 heteroatoms. The van der Waals surface area contributed by atoms with Crippen molar-refractivity contribution in [2.75, 3.05) is 13.1 Å². The number of carbonyl (C=O) groups is 1. The van der Waals surface area contributed by atoms with E-state index in [-0.39, 0.29) is 5.91 Å².